The van der Waals surface area contributed by atoms with Gasteiger partial charge in [-0.25, -0.2) is 0 Å². The van der Waals surface area contributed by atoms with E-state index in [1.807, 2.05) is 6.07 Å². The van der Waals surface area contributed by atoms with Gasteiger partial charge in [-0.2, -0.15) is 14.7 Å². The van der Waals surface area contributed by atoms with E-state index >= 15 is 0 Å². The van der Waals surface area contributed by atoms with E-state index in [-0.39, 0.29) is 0 Å². The second-order valence-electron chi connectivity index (χ2n) is 10.3. The molecule has 4 heteroatoms. The van der Waals surface area contributed by atoms with Gasteiger partial charge in [-0.05, 0) is 55.7 Å². The molecule has 3 N–H and O–H groups in total. The molecule has 1 rings (SSSR count). The van der Waals surface area contributed by atoms with Crippen molar-refractivity contribution >= 4 is 13.2 Å². The van der Waals surface area contributed by atoms with E-state index in [1.54, 1.807) is 0 Å². The maximum atomic E-state index is 10.2. The summed E-state index contributed by atoms with van der Waals surface area (Å²) in [5.74, 6) is 0. The molecule has 0 spiro atoms. The van der Waals surface area contributed by atoms with Crippen LogP contribution in [0.25, 0.3) is 0 Å². The lowest BCUT2D eigenvalue weighted by Gasteiger charge is -2.19. The quantitative estimate of drug-likeness (QED) is 0.111. The number of aryl methyl sites for hydroxylation is 1. The first-order valence-corrected chi connectivity index (χ1v) is 16.3. The van der Waals surface area contributed by atoms with Gasteiger partial charge in [-0.1, -0.05) is 123 Å². The molecule has 0 aliphatic carbocycles. The fraction of sp³-hybridized carbons (Fsp3) is 0.800. The largest absolute Gasteiger partial charge is 0.441 e. The Kier molecular flexibility index (Phi) is 18.3. The van der Waals surface area contributed by atoms with E-state index in [9.17, 15) is 14.7 Å². The van der Waals surface area contributed by atoms with Crippen LogP contribution in [0.5, 0.6) is 0 Å². The second-order valence-corrected chi connectivity index (χ2v) is 11.9. The SMILES string of the molecule is CCCCCCCCc1ccc([P+](O)(O)O)c(CCCCCCCC)c1CCCCCCCC. The summed E-state index contributed by atoms with van der Waals surface area (Å²) in [7, 11) is -4.02. The molecule has 0 fully saturated rings. The molecule has 0 aliphatic heterocycles. The van der Waals surface area contributed by atoms with Gasteiger partial charge in [0, 0.05) is 5.56 Å². The van der Waals surface area contributed by atoms with Crippen molar-refractivity contribution in [3.8, 4) is 0 Å². The van der Waals surface area contributed by atoms with E-state index in [4.69, 9.17) is 0 Å². The minimum Gasteiger partial charge on any atom is -0.189 e. The Bertz CT molecular complexity index is 624. The zero-order chi connectivity index (χ0) is 25.1. The fourth-order valence-corrected chi connectivity index (χ4v) is 5.98. The predicted octanol–water partition coefficient (Wildman–Crippen LogP) is 8.76. The molecule has 198 valence electrons. The highest BCUT2D eigenvalue weighted by molar-refractivity contribution is 7.66. The third-order valence-corrected chi connectivity index (χ3v) is 8.25. The molecular formula is C30H56O3P+. The minimum absolute atomic E-state index is 0.411. The van der Waals surface area contributed by atoms with Gasteiger partial charge in [0.05, 0.1) is 0 Å². The van der Waals surface area contributed by atoms with Gasteiger partial charge in [0.15, 0.2) is 5.30 Å². The van der Waals surface area contributed by atoms with Gasteiger partial charge in [0.2, 0.25) is 0 Å². The van der Waals surface area contributed by atoms with E-state index < -0.39 is 7.94 Å². The molecule has 0 aliphatic rings. The first-order valence-electron chi connectivity index (χ1n) is 14.7. The Hall–Kier alpha value is -0.470. The third kappa shape index (κ3) is 13.6. The topological polar surface area (TPSA) is 60.7 Å². The van der Waals surface area contributed by atoms with Crippen LogP contribution in [0, 0.1) is 0 Å². The average Bonchev–Trinajstić information content (AvgIpc) is 2.80. The molecule has 1 aromatic carbocycles. The van der Waals surface area contributed by atoms with Crippen molar-refractivity contribution in [2.75, 3.05) is 0 Å². The molecule has 0 amide bonds. The molecule has 0 bridgehead atoms. The normalized spacial score (nSPS) is 11.9. The minimum atomic E-state index is -4.02. The van der Waals surface area contributed by atoms with Crippen LogP contribution in [0.3, 0.4) is 0 Å². The Labute approximate surface area is 212 Å². The number of hydrogen-bond acceptors (Lipinski definition) is 3. The summed E-state index contributed by atoms with van der Waals surface area (Å²) in [5, 5.41) is 0.411. The van der Waals surface area contributed by atoms with Gasteiger partial charge >= 0.3 is 7.94 Å². The number of unbranched alkanes of at least 4 members (excludes halogenated alkanes) is 15. The van der Waals surface area contributed by atoms with Crippen LogP contribution in [0.15, 0.2) is 12.1 Å². The second kappa shape index (κ2) is 19.7. The summed E-state index contributed by atoms with van der Waals surface area (Å²) < 4.78 is 0. The molecular weight excluding hydrogens is 439 g/mol. The summed E-state index contributed by atoms with van der Waals surface area (Å²) >= 11 is 0. The van der Waals surface area contributed by atoms with Crippen LogP contribution >= 0.6 is 7.94 Å². The molecule has 0 saturated carbocycles. The van der Waals surface area contributed by atoms with Crippen LogP contribution in [0.4, 0.5) is 0 Å². The summed E-state index contributed by atoms with van der Waals surface area (Å²) in [6.45, 7) is 6.75. The van der Waals surface area contributed by atoms with Crippen LogP contribution in [0.2, 0.25) is 0 Å². The Morgan fingerprint density at radius 2 is 0.853 bits per heavy atom. The zero-order valence-corrected chi connectivity index (χ0v) is 23.7. The maximum absolute atomic E-state index is 10.2. The molecule has 3 nitrogen and oxygen atoms in total. The molecule has 0 atom stereocenters. The Morgan fingerprint density at radius 1 is 0.471 bits per heavy atom. The van der Waals surface area contributed by atoms with Crippen molar-refractivity contribution in [3.63, 3.8) is 0 Å². The molecule has 0 radical (unpaired) electrons. The molecule has 0 heterocycles. The Morgan fingerprint density at radius 3 is 1.29 bits per heavy atom. The third-order valence-electron chi connectivity index (χ3n) is 7.19. The Balaban J connectivity index is 2.95. The van der Waals surface area contributed by atoms with Crippen LogP contribution in [-0.4, -0.2) is 14.7 Å². The summed E-state index contributed by atoms with van der Waals surface area (Å²) in [4.78, 5) is 30.7. The number of hydrogen-bond donors (Lipinski definition) is 3. The molecule has 0 aromatic heterocycles. The van der Waals surface area contributed by atoms with Gasteiger partial charge in [-0.15, -0.1) is 0 Å². The van der Waals surface area contributed by atoms with Crippen molar-refractivity contribution in [1.29, 1.82) is 0 Å². The van der Waals surface area contributed by atoms with Gasteiger partial charge in [0.25, 0.3) is 0 Å². The van der Waals surface area contributed by atoms with Crippen molar-refractivity contribution in [3.05, 3.63) is 28.8 Å². The van der Waals surface area contributed by atoms with Crippen molar-refractivity contribution < 1.29 is 14.7 Å². The number of benzene rings is 1. The predicted molar refractivity (Wildman–Crippen MR) is 151 cm³/mol. The summed E-state index contributed by atoms with van der Waals surface area (Å²) in [6.07, 6.45) is 25.5. The van der Waals surface area contributed by atoms with Crippen LogP contribution < -0.4 is 5.30 Å². The molecule has 1 aromatic rings. The standard InChI is InChI=1S/C30H56O3P/c1-4-7-10-13-16-19-22-27-25-26-30(34(31,32)33)29(24-21-18-15-12-9-6-3)28(27)23-20-17-14-11-8-5-2/h25-26,31-33H,4-24H2,1-3H3/q+1. The van der Waals surface area contributed by atoms with Gasteiger partial charge < -0.3 is 0 Å². The monoisotopic (exact) mass is 495 g/mol. The first-order chi connectivity index (χ1) is 16.5. The van der Waals surface area contributed by atoms with Crippen LogP contribution in [-0.2, 0) is 19.3 Å². The van der Waals surface area contributed by atoms with Gasteiger partial charge in [0.1, 0.15) is 0 Å². The summed E-state index contributed by atoms with van der Waals surface area (Å²) in [6, 6.07) is 3.90. The number of rotatable bonds is 22. The lowest BCUT2D eigenvalue weighted by Crippen LogP contribution is -2.19. The van der Waals surface area contributed by atoms with Crippen molar-refractivity contribution in [1.82, 2.24) is 0 Å². The fourth-order valence-electron chi connectivity index (χ4n) is 5.09. The average molecular weight is 496 g/mol. The highest BCUT2D eigenvalue weighted by Crippen LogP contribution is 2.45. The highest BCUT2D eigenvalue weighted by Gasteiger charge is 2.38. The van der Waals surface area contributed by atoms with Gasteiger partial charge in [-0.3, -0.25) is 0 Å². The molecule has 34 heavy (non-hydrogen) atoms. The summed E-state index contributed by atoms with van der Waals surface area (Å²) in [5.41, 5.74) is 3.74. The van der Waals surface area contributed by atoms with Crippen molar-refractivity contribution in [2.45, 2.75) is 156 Å². The lowest BCUT2D eigenvalue weighted by molar-refractivity contribution is 0.346. The first kappa shape index (κ1) is 31.6. The smallest absolute Gasteiger partial charge is 0.189 e. The van der Waals surface area contributed by atoms with E-state index in [2.05, 4.69) is 26.8 Å². The van der Waals surface area contributed by atoms with Crippen molar-refractivity contribution in [2.24, 2.45) is 0 Å². The van der Waals surface area contributed by atoms with E-state index in [1.165, 1.54) is 114 Å². The maximum Gasteiger partial charge on any atom is 0.441 e. The van der Waals surface area contributed by atoms with E-state index in [0.29, 0.717) is 5.30 Å². The zero-order valence-electron chi connectivity index (χ0n) is 22.8. The lowest BCUT2D eigenvalue weighted by atomic mass is 9.90. The molecule has 0 saturated heterocycles. The highest BCUT2D eigenvalue weighted by atomic mass is 31.2. The molecule has 0 unspecified atom stereocenters. The van der Waals surface area contributed by atoms with E-state index in [0.717, 1.165) is 37.7 Å². The van der Waals surface area contributed by atoms with Crippen LogP contribution in [0.1, 0.15) is 153 Å².